The Kier molecular flexibility index (Phi) is 6.75. The monoisotopic (exact) mass is 470 g/mol. The van der Waals surface area contributed by atoms with E-state index in [1.165, 1.54) is 19.2 Å². The third-order valence-electron chi connectivity index (χ3n) is 5.83. The summed E-state index contributed by atoms with van der Waals surface area (Å²) in [5.41, 5.74) is 0.720. The first kappa shape index (κ1) is 22.9. The van der Waals surface area contributed by atoms with Crippen molar-refractivity contribution < 1.29 is 19.2 Å². The number of amides is 1. The van der Waals surface area contributed by atoms with Crippen LogP contribution in [-0.4, -0.2) is 65.5 Å². The van der Waals surface area contributed by atoms with Gasteiger partial charge in [-0.25, -0.2) is 4.98 Å². The van der Waals surface area contributed by atoms with Crippen LogP contribution in [0.1, 0.15) is 35.3 Å². The fourth-order valence-corrected chi connectivity index (χ4v) is 5.06. The molecule has 0 bridgehead atoms. The zero-order valence-electron chi connectivity index (χ0n) is 18.8. The fraction of sp³-hybridized carbons (Fsp3) is 0.391. The third kappa shape index (κ3) is 4.62. The zero-order chi connectivity index (χ0) is 23.5. The molecule has 10 heteroatoms. The van der Waals surface area contributed by atoms with Gasteiger partial charge in [0.25, 0.3) is 11.6 Å². The van der Waals surface area contributed by atoms with E-state index in [2.05, 4.69) is 17.9 Å². The Morgan fingerprint density at radius 3 is 2.58 bits per heavy atom. The number of benzene rings is 2. The normalized spacial score (nSPS) is 15.4. The molecule has 174 valence electrons. The summed E-state index contributed by atoms with van der Waals surface area (Å²) in [5.74, 6) is 0.171. The molecule has 2 aromatic carbocycles. The molecule has 1 atom stereocenters. The van der Waals surface area contributed by atoms with Crippen LogP contribution in [0.4, 0.5) is 5.69 Å². The number of piperazine rings is 1. The molecule has 0 radical (unpaired) electrons. The van der Waals surface area contributed by atoms with E-state index in [0.717, 1.165) is 15.2 Å². The van der Waals surface area contributed by atoms with E-state index in [1.807, 2.05) is 18.2 Å². The van der Waals surface area contributed by atoms with Crippen LogP contribution in [0, 0.1) is 10.1 Å². The van der Waals surface area contributed by atoms with Crippen molar-refractivity contribution in [3.05, 3.63) is 57.1 Å². The third-order valence-corrected chi connectivity index (χ3v) is 7.03. The Labute approximate surface area is 195 Å². The molecule has 1 aliphatic heterocycles. The van der Waals surface area contributed by atoms with Crippen molar-refractivity contribution in [1.82, 2.24) is 14.8 Å². The molecule has 1 amide bonds. The van der Waals surface area contributed by atoms with Gasteiger partial charge in [0.15, 0.2) is 11.5 Å². The molecule has 1 aromatic heterocycles. The fourth-order valence-electron chi connectivity index (χ4n) is 4.01. The van der Waals surface area contributed by atoms with Gasteiger partial charge in [0.05, 0.1) is 41.0 Å². The molecule has 1 aliphatic rings. The predicted octanol–water partition coefficient (Wildman–Crippen LogP) is 4.13. The lowest BCUT2D eigenvalue weighted by Gasteiger charge is -2.37. The van der Waals surface area contributed by atoms with Crippen LogP contribution in [-0.2, 0) is 0 Å². The first-order valence-corrected chi connectivity index (χ1v) is 11.6. The summed E-state index contributed by atoms with van der Waals surface area (Å²) >= 11 is 1.68. The van der Waals surface area contributed by atoms with Gasteiger partial charge in [0, 0.05) is 32.2 Å². The summed E-state index contributed by atoms with van der Waals surface area (Å²) in [5, 5.41) is 12.7. The quantitative estimate of drug-likeness (QED) is 0.378. The van der Waals surface area contributed by atoms with Crippen molar-refractivity contribution in [2.75, 3.05) is 39.9 Å². The molecule has 0 aliphatic carbocycles. The van der Waals surface area contributed by atoms with Crippen molar-refractivity contribution in [2.24, 2.45) is 0 Å². The number of hydrogen-bond donors (Lipinski definition) is 0. The second kappa shape index (κ2) is 9.72. The van der Waals surface area contributed by atoms with Crippen LogP contribution >= 0.6 is 11.3 Å². The number of rotatable bonds is 7. The Morgan fingerprint density at radius 1 is 1.21 bits per heavy atom. The highest BCUT2D eigenvalue weighted by Gasteiger charge is 2.31. The number of methoxy groups -OCH3 is 1. The molecule has 0 N–H and O–H groups in total. The minimum Gasteiger partial charge on any atom is -0.493 e. The molecule has 1 fully saturated rings. The largest absolute Gasteiger partial charge is 0.493 e. The van der Waals surface area contributed by atoms with E-state index in [4.69, 9.17) is 14.5 Å². The molecule has 0 unspecified atom stereocenters. The molecular weight excluding hydrogens is 444 g/mol. The van der Waals surface area contributed by atoms with E-state index in [9.17, 15) is 14.9 Å². The minimum atomic E-state index is -0.559. The van der Waals surface area contributed by atoms with Crippen LogP contribution < -0.4 is 9.47 Å². The summed E-state index contributed by atoms with van der Waals surface area (Å²) in [7, 11) is 1.41. The smallest absolute Gasteiger partial charge is 0.286 e. The summed E-state index contributed by atoms with van der Waals surface area (Å²) in [6.07, 6.45) is 0. The standard InChI is InChI=1S/C23H26N4O5S/c1-4-32-20-13-16(18(27(29)30)14-19(20)31-3)23(28)26-11-9-25(10-12-26)15(2)22-24-17-7-5-6-8-21(17)33-22/h5-8,13-15H,4,9-12H2,1-3H3/t15-/m0/s1. The summed E-state index contributed by atoms with van der Waals surface area (Å²) < 4.78 is 11.9. The number of para-hydroxylation sites is 1. The second-order valence-electron chi connectivity index (χ2n) is 7.73. The number of thiazole rings is 1. The SMILES string of the molecule is CCOc1cc(C(=O)N2CCN([C@@H](C)c3nc4ccccc4s3)CC2)c([N+](=O)[O-])cc1OC. The lowest BCUT2D eigenvalue weighted by molar-refractivity contribution is -0.385. The molecule has 33 heavy (non-hydrogen) atoms. The lowest BCUT2D eigenvalue weighted by atomic mass is 10.1. The molecule has 0 spiro atoms. The van der Waals surface area contributed by atoms with Gasteiger partial charge in [-0.15, -0.1) is 11.3 Å². The van der Waals surface area contributed by atoms with E-state index in [0.29, 0.717) is 38.5 Å². The van der Waals surface area contributed by atoms with Gasteiger partial charge in [-0.2, -0.15) is 0 Å². The van der Waals surface area contributed by atoms with Crippen LogP contribution in [0.25, 0.3) is 10.2 Å². The van der Waals surface area contributed by atoms with Gasteiger partial charge in [-0.1, -0.05) is 12.1 Å². The van der Waals surface area contributed by atoms with Crippen molar-refractivity contribution >= 4 is 33.1 Å². The van der Waals surface area contributed by atoms with E-state index >= 15 is 0 Å². The van der Waals surface area contributed by atoms with Gasteiger partial charge >= 0.3 is 0 Å². The molecule has 9 nitrogen and oxygen atoms in total. The number of carbonyl (C=O) groups is 1. The first-order valence-electron chi connectivity index (χ1n) is 10.8. The van der Waals surface area contributed by atoms with Crippen LogP contribution in [0.3, 0.4) is 0 Å². The maximum Gasteiger partial charge on any atom is 0.286 e. The van der Waals surface area contributed by atoms with Gasteiger partial charge in [-0.3, -0.25) is 19.8 Å². The van der Waals surface area contributed by atoms with Crippen molar-refractivity contribution in [3.63, 3.8) is 0 Å². The van der Waals surface area contributed by atoms with Gasteiger partial charge in [0.1, 0.15) is 10.6 Å². The number of fused-ring (bicyclic) bond motifs is 1. The average molecular weight is 471 g/mol. The summed E-state index contributed by atoms with van der Waals surface area (Å²) in [6, 6.07) is 10.9. The Hall–Kier alpha value is -3.24. The van der Waals surface area contributed by atoms with Gasteiger partial charge in [0.2, 0.25) is 0 Å². The molecule has 4 rings (SSSR count). The second-order valence-corrected chi connectivity index (χ2v) is 8.80. The number of nitro groups is 1. The number of carbonyl (C=O) groups excluding carboxylic acids is 1. The van der Waals surface area contributed by atoms with E-state index in [-0.39, 0.29) is 28.9 Å². The number of ether oxygens (including phenoxy) is 2. The Balaban J connectivity index is 1.50. The average Bonchev–Trinajstić information content (AvgIpc) is 3.27. The summed E-state index contributed by atoms with van der Waals surface area (Å²) in [6.45, 7) is 6.54. The van der Waals surface area contributed by atoms with E-state index < -0.39 is 4.92 Å². The molecule has 1 saturated heterocycles. The predicted molar refractivity (Wildman–Crippen MR) is 126 cm³/mol. The molecule has 0 saturated carbocycles. The van der Waals surface area contributed by atoms with Crippen LogP contribution in [0.2, 0.25) is 0 Å². The van der Waals surface area contributed by atoms with Gasteiger partial charge in [-0.05, 0) is 26.0 Å². The van der Waals surface area contributed by atoms with E-state index in [1.54, 1.807) is 23.2 Å². The number of nitro benzene ring substituents is 1. The minimum absolute atomic E-state index is 0.0110. The van der Waals surface area contributed by atoms with Crippen LogP contribution in [0.5, 0.6) is 11.5 Å². The maximum absolute atomic E-state index is 13.2. The first-order chi connectivity index (χ1) is 15.9. The highest BCUT2D eigenvalue weighted by Crippen LogP contribution is 2.36. The maximum atomic E-state index is 13.2. The zero-order valence-corrected chi connectivity index (χ0v) is 19.6. The topological polar surface area (TPSA) is 98.0 Å². The lowest BCUT2D eigenvalue weighted by Crippen LogP contribution is -2.49. The van der Waals surface area contributed by atoms with Crippen molar-refractivity contribution in [2.45, 2.75) is 19.9 Å². The summed E-state index contributed by atoms with van der Waals surface area (Å²) in [4.78, 5) is 33.0. The highest BCUT2D eigenvalue weighted by molar-refractivity contribution is 7.18. The number of hydrogen-bond acceptors (Lipinski definition) is 8. The number of aromatic nitrogens is 1. The number of nitrogens with zero attached hydrogens (tertiary/aromatic N) is 4. The highest BCUT2D eigenvalue weighted by atomic mass is 32.1. The van der Waals surface area contributed by atoms with Gasteiger partial charge < -0.3 is 14.4 Å². The van der Waals surface area contributed by atoms with Crippen molar-refractivity contribution in [3.8, 4) is 11.5 Å². The Bertz CT molecular complexity index is 1140. The molecule has 2 heterocycles. The molecular formula is C23H26N4O5S. The van der Waals surface area contributed by atoms with Crippen molar-refractivity contribution in [1.29, 1.82) is 0 Å². The Morgan fingerprint density at radius 2 is 1.94 bits per heavy atom. The van der Waals surface area contributed by atoms with Crippen LogP contribution in [0.15, 0.2) is 36.4 Å². The molecule has 3 aromatic rings.